The summed E-state index contributed by atoms with van der Waals surface area (Å²) in [5, 5.41) is 31.4. The molecule has 0 aromatic rings. The standard InChI is InChI=1S/CH2O3.Ag.NO3.H3N/c2-1(3)4;;2-1(3)4;/h(H2,2,3,4);;;1H3/q;;-1;/p-1. The van der Waals surface area contributed by atoms with Gasteiger partial charge in [0.1, 0.15) is 0 Å². The molecule has 8 nitrogen and oxygen atoms in total. The van der Waals surface area contributed by atoms with E-state index in [2.05, 4.69) is 0 Å². The zero-order chi connectivity index (χ0) is 7.15. The van der Waals surface area contributed by atoms with Gasteiger partial charge < -0.3 is 36.5 Å². The average molecular weight is 248 g/mol. The first-order valence-electron chi connectivity index (χ1n) is 1.16. The Balaban J connectivity index is -0.0000000300. The Labute approximate surface area is 70.7 Å². The Hall–Kier alpha value is -0.830. The fourth-order valence-corrected chi connectivity index (χ4v) is 0. The summed E-state index contributed by atoms with van der Waals surface area (Å²) in [6, 6.07) is 0. The van der Waals surface area contributed by atoms with E-state index in [4.69, 9.17) is 30.3 Å². The van der Waals surface area contributed by atoms with Gasteiger partial charge in [0, 0.05) is 22.4 Å². The molecular formula is CH4AgN2O6-2. The summed E-state index contributed by atoms with van der Waals surface area (Å²) in [4.78, 5) is 16.6. The molecule has 0 saturated carbocycles. The van der Waals surface area contributed by atoms with Gasteiger partial charge in [0.15, 0.2) is 0 Å². The number of rotatable bonds is 0. The minimum atomic E-state index is -2.33. The maximum Gasteiger partial charge on any atom is 0.0689 e. The van der Waals surface area contributed by atoms with Gasteiger partial charge in [0.25, 0.3) is 0 Å². The summed E-state index contributed by atoms with van der Waals surface area (Å²) in [6.07, 6.45) is -2.33. The van der Waals surface area contributed by atoms with E-state index in [1.807, 2.05) is 0 Å². The maximum absolute atomic E-state index is 8.33. The molecule has 1 radical (unpaired) electrons. The molecule has 0 heterocycles. The van der Waals surface area contributed by atoms with Crippen LogP contribution in [0.2, 0.25) is 0 Å². The van der Waals surface area contributed by atoms with Crippen molar-refractivity contribution in [3.05, 3.63) is 15.3 Å². The van der Waals surface area contributed by atoms with Crippen LogP contribution in [0.25, 0.3) is 0 Å². The van der Waals surface area contributed by atoms with Gasteiger partial charge >= 0.3 is 0 Å². The molecule has 0 aromatic carbocycles. The minimum absolute atomic E-state index is 0. The predicted octanol–water partition coefficient (Wildman–Crippen LogP) is -2.31. The van der Waals surface area contributed by atoms with E-state index in [0.29, 0.717) is 0 Å². The van der Waals surface area contributed by atoms with Crippen molar-refractivity contribution in [1.82, 2.24) is 6.15 Å². The number of hydrogen-bond acceptors (Lipinski definition) is 6. The molecule has 0 aliphatic rings. The number of carbonyl (C=O) groups is 1. The van der Waals surface area contributed by atoms with Gasteiger partial charge in [-0.15, -0.1) is 0 Å². The zero-order valence-corrected chi connectivity index (χ0v) is 6.18. The summed E-state index contributed by atoms with van der Waals surface area (Å²) in [6.45, 7) is 0. The van der Waals surface area contributed by atoms with Crippen molar-refractivity contribution in [2.75, 3.05) is 0 Å². The summed E-state index contributed by atoms with van der Waals surface area (Å²) in [7, 11) is 0. The van der Waals surface area contributed by atoms with Crippen LogP contribution in [0.5, 0.6) is 0 Å². The van der Waals surface area contributed by atoms with Crippen LogP contribution < -0.4 is 16.4 Å². The van der Waals surface area contributed by atoms with Gasteiger partial charge in [-0.05, 0) is 6.16 Å². The largest absolute Gasteiger partial charge is 0.652 e. The van der Waals surface area contributed by atoms with Crippen LogP contribution in [0.1, 0.15) is 0 Å². The van der Waals surface area contributed by atoms with Crippen molar-refractivity contribution in [2.45, 2.75) is 0 Å². The third-order valence-corrected chi connectivity index (χ3v) is 0. The molecule has 0 rings (SSSR count). The Kier molecular flexibility index (Phi) is 36.0. The number of quaternary nitrogens is 1. The van der Waals surface area contributed by atoms with Crippen LogP contribution in [0.15, 0.2) is 0 Å². The first kappa shape index (κ1) is 22.9. The second-order valence-electron chi connectivity index (χ2n) is 0.474. The Morgan fingerprint density at radius 2 is 1.20 bits per heavy atom. The minimum Gasteiger partial charge on any atom is -0.652 e. The van der Waals surface area contributed by atoms with Crippen LogP contribution in [-0.2, 0) is 22.4 Å². The molecular weight excluding hydrogens is 244 g/mol. The van der Waals surface area contributed by atoms with Crippen LogP contribution in [0.3, 0.4) is 0 Å². The second kappa shape index (κ2) is 15.7. The van der Waals surface area contributed by atoms with Crippen molar-refractivity contribution < 1.29 is 42.5 Å². The van der Waals surface area contributed by atoms with Gasteiger partial charge in [0.05, 0.1) is 5.09 Å². The van der Waals surface area contributed by atoms with Crippen molar-refractivity contribution in [3.63, 3.8) is 0 Å². The molecule has 0 amide bonds. The fourth-order valence-electron chi connectivity index (χ4n) is 0. The monoisotopic (exact) mass is 247 g/mol. The van der Waals surface area contributed by atoms with E-state index in [0.717, 1.165) is 0 Å². The van der Waals surface area contributed by atoms with Gasteiger partial charge in [-0.2, -0.15) is 0 Å². The fraction of sp³-hybridized carbons (Fsp3) is 0. The van der Waals surface area contributed by atoms with Gasteiger partial charge in [-0.1, -0.05) is 0 Å². The summed E-state index contributed by atoms with van der Waals surface area (Å²) in [5.74, 6) is 0. The van der Waals surface area contributed by atoms with E-state index < -0.39 is 11.2 Å². The van der Waals surface area contributed by atoms with E-state index in [1.54, 1.807) is 0 Å². The van der Waals surface area contributed by atoms with Crippen LogP contribution >= 0.6 is 0 Å². The molecule has 67 valence electrons. The Bertz CT molecular complexity index is 73.7. The number of carboxylic acid groups (broad SMARTS) is 2. The molecule has 4 N–H and O–H groups in total. The van der Waals surface area contributed by atoms with Crippen LogP contribution in [0, 0.1) is 15.3 Å². The van der Waals surface area contributed by atoms with Gasteiger partial charge in [-0.25, -0.2) is 0 Å². The van der Waals surface area contributed by atoms with Gasteiger partial charge in [-0.3, -0.25) is 0 Å². The third-order valence-electron chi connectivity index (χ3n) is 0. The van der Waals surface area contributed by atoms with E-state index in [9.17, 15) is 0 Å². The molecule has 0 fully saturated rings. The topological polar surface area (TPSA) is 166 Å². The van der Waals surface area contributed by atoms with E-state index >= 15 is 0 Å². The number of nitrogens with zero attached hydrogens (tertiary/aromatic N) is 1. The quantitative estimate of drug-likeness (QED) is 0.287. The second-order valence-corrected chi connectivity index (χ2v) is 0.474. The van der Waals surface area contributed by atoms with Gasteiger partial charge in [0.2, 0.25) is 0 Å². The van der Waals surface area contributed by atoms with E-state index in [1.165, 1.54) is 0 Å². The maximum atomic E-state index is 8.33. The van der Waals surface area contributed by atoms with Crippen molar-refractivity contribution >= 4 is 6.16 Å². The van der Waals surface area contributed by atoms with E-state index in [-0.39, 0.29) is 28.5 Å². The van der Waals surface area contributed by atoms with Crippen LogP contribution in [0.4, 0.5) is 4.79 Å². The van der Waals surface area contributed by atoms with Crippen molar-refractivity contribution in [1.29, 1.82) is 0 Å². The molecule has 0 atom stereocenters. The van der Waals surface area contributed by atoms with Crippen molar-refractivity contribution in [3.8, 4) is 0 Å². The molecule has 9 heteroatoms. The smallest absolute Gasteiger partial charge is 0.0689 e. The summed E-state index contributed by atoms with van der Waals surface area (Å²) >= 11 is 0. The predicted molar refractivity (Wildman–Crippen MR) is 21.7 cm³/mol. The first-order chi connectivity index (χ1) is 3.46. The molecule has 0 unspecified atom stereocenters. The summed E-state index contributed by atoms with van der Waals surface area (Å²) < 4.78 is 0. The third kappa shape index (κ3) is 397. The molecule has 0 aliphatic heterocycles. The zero-order valence-electron chi connectivity index (χ0n) is 4.70. The molecule has 10 heavy (non-hydrogen) atoms. The molecule has 0 bridgehead atoms. The van der Waals surface area contributed by atoms with Crippen LogP contribution in [-0.4, -0.2) is 11.2 Å². The molecule has 0 spiro atoms. The van der Waals surface area contributed by atoms with Crippen molar-refractivity contribution in [2.24, 2.45) is 0 Å². The molecule has 0 saturated heterocycles. The average Bonchev–Trinajstić information content (AvgIpc) is 1.25. The first-order valence-corrected chi connectivity index (χ1v) is 1.16. The number of carbonyl (C=O) groups excluding carboxylic acids is 1. The number of hydrogen-bond donors (Lipinski definition) is 1. The molecule has 0 aliphatic carbocycles. The summed E-state index contributed by atoms with van der Waals surface area (Å²) in [5.41, 5.74) is 0. The normalized spacial score (nSPS) is 4.80. The SMILES string of the molecule is O=C([O-])[O-].O=[N+]([O-])[O-].[Ag].[NH4+]. The Morgan fingerprint density at radius 3 is 1.20 bits per heavy atom. The molecule has 0 aromatic heterocycles. The Morgan fingerprint density at radius 1 is 1.20 bits per heavy atom.